The molecule has 0 heterocycles. The Morgan fingerprint density at radius 2 is 1.42 bits per heavy atom. The SMILES string of the molecule is CCCC=C(CCCCCCCCC(=O)O)C(=O)O. The Morgan fingerprint density at radius 1 is 0.895 bits per heavy atom. The highest BCUT2D eigenvalue weighted by atomic mass is 16.4. The van der Waals surface area contributed by atoms with E-state index in [0.717, 1.165) is 51.4 Å². The first-order valence-corrected chi connectivity index (χ1v) is 7.22. The van der Waals surface area contributed by atoms with Crippen LogP contribution < -0.4 is 0 Å². The van der Waals surface area contributed by atoms with Gasteiger partial charge in [-0.15, -0.1) is 0 Å². The van der Waals surface area contributed by atoms with Gasteiger partial charge in [0.2, 0.25) is 0 Å². The first kappa shape index (κ1) is 17.7. The Kier molecular flexibility index (Phi) is 10.9. The first-order chi connectivity index (χ1) is 9.07. The normalized spacial score (nSPS) is 11.5. The molecule has 0 radical (unpaired) electrons. The number of hydrogen-bond acceptors (Lipinski definition) is 2. The highest BCUT2D eigenvalue weighted by molar-refractivity contribution is 5.86. The molecule has 0 amide bonds. The van der Waals surface area contributed by atoms with Crippen molar-refractivity contribution in [3.63, 3.8) is 0 Å². The van der Waals surface area contributed by atoms with E-state index in [4.69, 9.17) is 10.2 Å². The second-order valence-electron chi connectivity index (χ2n) is 4.84. The van der Waals surface area contributed by atoms with Crippen LogP contribution in [0, 0.1) is 0 Å². The van der Waals surface area contributed by atoms with Gasteiger partial charge in [0, 0.05) is 12.0 Å². The largest absolute Gasteiger partial charge is 0.481 e. The molecule has 110 valence electrons. The van der Waals surface area contributed by atoms with Gasteiger partial charge in [0.25, 0.3) is 0 Å². The van der Waals surface area contributed by atoms with Crippen molar-refractivity contribution < 1.29 is 19.8 Å². The molecule has 0 rings (SSSR count). The van der Waals surface area contributed by atoms with Gasteiger partial charge in [-0.2, -0.15) is 0 Å². The Hall–Kier alpha value is -1.32. The molecule has 0 aromatic heterocycles. The van der Waals surface area contributed by atoms with E-state index in [-0.39, 0.29) is 6.42 Å². The van der Waals surface area contributed by atoms with Crippen LogP contribution in [0.2, 0.25) is 0 Å². The van der Waals surface area contributed by atoms with Crippen LogP contribution in [0.25, 0.3) is 0 Å². The summed E-state index contributed by atoms with van der Waals surface area (Å²) in [4.78, 5) is 21.2. The van der Waals surface area contributed by atoms with Crippen LogP contribution in [-0.2, 0) is 9.59 Å². The molecule has 0 aliphatic carbocycles. The summed E-state index contributed by atoms with van der Waals surface area (Å²) in [7, 11) is 0. The van der Waals surface area contributed by atoms with Crippen molar-refractivity contribution in [2.24, 2.45) is 0 Å². The van der Waals surface area contributed by atoms with Crippen molar-refractivity contribution in [3.8, 4) is 0 Å². The van der Waals surface area contributed by atoms with Crippen LogP contribution in [0.1, 0.15) is 71.1 Å². The molecule has 2 N–H and O–H groups in total. The molecule has 19 heavy (non-hydrogen) atoms. The zero-order valence-corrected chi connectivity index (χ0v) is 11.9. The maximum Gasteiger partial charge on any atom is 0.331 e. The topological polar surface area (TPSA) is 74.6 Å². The minimum atomic E-state index is -0.796. The maximum absolute atomic E-state index is 11.0. The molecule has 0 aromatic rings. The zero-order valence-electron chi connectivity index (χ0n) is 11.9. The third kappa shape index (κ3) is 11.5. The van der Waals surface area contributed by atoms with Crippen molar-refractivity contribution in [1.82, 2.24) is 0 Å². The molecule has 0 saturated heterocycles. The van der Waals surface area contributed by atoms with E-state index in [0.29, 0.717) is 12.0 Å². The smallest absolute Gasteiger partial charge is 0.331 e. The Morgan fingerprint density at radius 3 is 1.89 bits per heavy atom. The lowest BCUT2D eigenvalue weighted by Crippen LogP contribution is -2.00. The van der Waals surface area contributed by atoms with E-state index in [2.05, 4.69) is 0 Å². The fraction of sp³-hybridized carbons (Fsp3) is 0.733. The molecule has 0 aliphatic heterocycles. The summed E-state index contributed by atoms with van der Waals surface area (Å²) >= 11 is 0. The van der Waals surface area contributed by atoms with Crippen molar-refractivity contribution in [3.05, 3.63) is 11.6 Å². The number of unbranched alkanes of at least 4 members (excludes halogenated alkanes) is 6. The van der Waals surface area contributed by atoms with E-state index >= 15 is 0 Å². The molecule has 0 saturated carbocycles. The molecule has 0 bridgehead atoms. The van der Waals surface area contributed by atoms with Gasteiger partial charge in [-0.3, -0.25) is 4.79 Å². The lowest BCUT2D eigenvalue weighted by molar-refractivity contribution is -0.137. The first-order valence-electron chi connectivity index (χ1n) is 7.22. The van der Waals surface area contributed by atoms with Crippen molar-refractivity contribution in [2.45, 2.75) is 71.1 Å². The standard InChI is InChI=1S/C15H26O4/c1-2-3-10-13(15(18)19)11-8-6-4-5-7-9-12-14(16)17/h10H,2-9,11-12H2,1H3,(H,16,17)(H,18,19). The van der Waals surface area contributed by atoms with E-state index < -0.39 is 11.9 Å². The lowest BCUT2D eigenvalue weighted by atomic mass is 10.0. The molecule has 4 nitrogen and oxygen atoms in total. The Bertz CT molecular complexity index is 295. The molecule has 0 atom stereocenters. The van der Waals surface area contributed by atoms with E-state index in [1.165, 1.54) is 0 Å². The fourth-order valence-electron chi connectivity index (χ4n) is 1.91. The number of hydrogen-bond donors (Lipinski definition) is 2. The van der Waals surface area contributed by atoms with Crippen LogP contribution in [-0.4, -0.2) is 22.2 Å². The van der Waals surface area contributed by atoms with Gasteiger partial charge in [-0.25, -0.2) is 4.79 Å². The molecule has 0 spiro atoms. The summed E-state index contributed by atoms with van der Waals surface area (Å²) in [5.41, 5.74) is 0.535. The number of rotatable bonds is 12. The lowest BCUT2D eigenvalue weighted by Gasteiger charge is -2.03. The van der Waals surface area contributed by atoms with Crippen LogP contribution in [0.15, 0.2) is 11.6 Å². The molecule has 4 heteroatoms. The van der Waals surface area contributed by atoms with Gasteiger partial charge in [0.15, 0.2) is 0 Å². The summed E-state index contributed by atoms with van der Waals surface area (Å²) in [6, 6.07) is 0. The third-order valence-corrected chi connectivity index (χ3v) is 3.04. The predicted molar refractivity (Wildman–Crippen MR) is 75.2 cm³/mol. The number of carboxylic acids is 2. The monoisotopic (exact) mass is 270 g/mol. The molecule has 0 unspecified atom stereocenters. The summed E-state index contributed by atoms with van der Waals surface area (Å²) in [6.07, 6.45) is 10.2. The van der Waals surface area contributed by atoms with E-state index in [1.807, 2.05) is 13.0 Å². The summed E-state index contributed by atoms with van der Waals surface area (Å²) in [5, 5.41) is 17.5. The van der Waals surface area contributed by atoms with Gasteiger partial charge in [-0.05, 0) is 25.7 Å². The van der Waals surface area contributed by atoms with Gasteiger partial charge < -0.3 is 10.2 Å². The average Bonchev–Trinajstić information content (AvgIpc) is 2.35. The Labute approximate surface area is 115 Å². The van der Waals surface area contributed by atoms with Gasteiger partial charge in [-0.1, -0.05) is 45.1 Å². The van der Waals surface area contributed by atoms with Crippen molar-refractivity contribution in [1.29, 1.82) is 0 Å². The van der Waals surface area contributed by atoms with Crippen LogP contribution in [0.4, 0.5) is 0 Å². The van der Waals surface area contributed by atoms with Gasteiger partial charge >= 0.3 is 11.9 Å². The average molecular weight is 270 g/mol. The zero-order chi connectivity index (χ0) is 14.5. The van der Waals surface area contributed by atoms with E-state index in [9.17, 15) is 9.59 Å². The highest BCUT2D eigenvalue weighted by Gasteiger charge is 2.05. The second kappa shape index (κ2) is 11.8. The molecule has 0 aliphatic rings. The molecular weight excluding hydrogens is 244 g/mol. The highest BCUT2D eigenvalue weighted by Crippen LogP contribution is 2.13. The van der Waals surface area contributed by atoms with E-state index in [1.54, 1.807) is 0 Å². The van der Waals surface area contributed by atoms with Gasteiger partial charge in [0.05, 0.1) is 0 Å². The molecule has 0 aromatic carbocycles. The minimum absolute atomic E-state index is 0.253. The van der Waals surface area contributed by atoms with Crippen molar-refractivity contribution in [2.75, 3.05) is 0 Å². The van der Waals surface area contributed by atoms with Crippen LogP contribution >= 0.6 is 0 Å². The quantitative estimate of drug-likeness (QED) is 0.415. The fourth-order valence-corrected chi connectivity index (χ4v) is 1.91. The minimum Gasteiger partial charge on any atom is -0.481 e. The number of carboxylic acid groups (broad SMARTS) is 2. The summed E-state index contributed by atoms with van der Waals surface area (Å²) < 4.78 is 0. The third-order valence-electron chi connectivity index (χ3n) is 3.04. The second-order valence-corrected chi connectivity index (χ2v) is 4.84. The number of carbonyl (C=O) groups is 2. The van der Waals surface area contributed by atoms with Crippen molar-refractivity contribution >= 4 is 11.9 Å². The maximum atomic E-state index is 11.0. The predicted octanol–water partition coefficient (Wildman–Crippen LogP) is 4.00. The van der Waals surface area contributed by atoms with Crippen LogP contribution in [0.3, 0.4) is 0 Å². The summed E-state index contributed by atoms with van der Waals surface area (Å²) in [6.45, 7) is 2.03. The molecule has 0 fully saturated rings. The van der Waals surface area contributed by atoms with Crippen LogP contribution in [0.5, 0.6) is 0 Å². The molecular formula is C15H26O4. The number of aliphatic carboxylic acids is 2. The summed E-state index contributed by atoms with van der Waals surface area (Å²) in [5.74, 6) is -1.53. The van der Waals surface area contributed by atoms with Gasteiger partial charge in [0.1, 0.15) is 0 Å². The number of allylic oxidation sites excluding steroid dienone is 1. The Balaban J connectivity index is 3.55.